The molecule has 0 atom stereocenters. The Kier molecular flexibility index (Phi) is 4.35. The van der Waals surface area contributed by atoms with E-state index in [4.69, 9.17) is 15.0 Å². The molecule has 0 amide bonds. The largest absolute Gasteiger partial charge is 0.208 e. The first-order chi connectivity index (χ1) is 12.8. The molecule has 0 unspecified atom stereocenters. The lowest BCUT2D eigenvalue weighted by molar-refractivity contribution is 1.07. The molecule has 26 heavy (non-hydrogen) atoms. The van der Waals surface area contributed by atoms with Crippen molar-refractivity contribution in [2.45, 2.75) is 0 Å². The summed E-state index contributed by atoms with van der Waals surface area (Å²) in [5.74, 6) is 1.97. The van der Waals surface area contributed by atoms with Crippen LogP contribution in [0.5, 0.6) is 0 Å². The molecule has 0 fully saturated rings. The summed E-state index contributed by atoms with van der Waals surface area (Å²) in [4.78, 5) is 14.2. The summed E-state index contributed by atoms with van der Waals surface area (Å²) in [7, 11) is 0. The first-order valence-electron chi connectivity index (χ1n) is 8.44. The highest BCUT2D eigenvalue weighted by Gasteiger charge is 2.13. The third-order valence-electron chi connectivity index (χ3n) is 4.12. The summed E-state index contributed by atoms with van der Waals surface area (Å²) in [6.07, 6.45) is 1.82. The zero-order valence-corrected chi connectivity index (χ0v) is 14.2. The van der Waals surface area contributed by atoms with E-state index in [0.717, 1.165) is 22.3 Å². The van der Waals surface area contributed by atoms with E-state index in [0.29, 0.717) is 17.5 Å². The zero-order valence-electron chi connectivity index (χ0n) is 14.2. The van der Waals surface area contributed by atoms with Crippen LogP contribution >= 0.6 is 0 Å². The summed E-state index contributed by atoms with van der Waals surface area (Å²) in [6, 6.07) is 27.9. The molecule has 1 heterocycles. The van der Waals surface area contributed by atoms with Crippen LogP contribution in [0.2, 0.25) is 0 Å². The molecule has 3 heteroatoms. The van der Waals surface area contributed by atoms with E-state index in [1.165, 1.54) is 0 Å². The molecule has 0 spiro atoms. The molecule has 0 aliphatic rings. The highest BCUT2D eigenvalue weighted by Crippen LogP contribution is 2.26. The minimum Gasteiger partial charge on any atom is -0.208 e. The fraction of sp³-hybridized carbons (Fsp3) is 0. The molecule has 4 rings (SSSR count). The van der Waals surface area contributed by atoms with E-state index in [-0.39, 0.29) is 0 Å². The van der Waals surface area contributed by atoms with Crippen LogP contribution in [0.1, 0.15) is 5.56 Å². The summed E-state index contributed by atoms with van der Waals surface area (Å²) in [5, 5.41) is 0. The molecule has 0 aliphatic carbocycles. The number of aromatic nitrogens is 3. The maximum absolute atomic E-state index is 4.74. The van der Waals surface area contributed by atoms with Crippen molar-refractivity contribution >= 4 is 6.08 Å². The number of hydrogen-bond donors (Lipinski definition) is 0. The van der Waals surface area contributed by atoms with E-state index in [9.17, 15) is 0 Å². The van der Waals surface area contributed by atoms with Crippen molar-refractivity contribution in [2.75, 3.05) is 0 Å². The summed E-state index contributed by atoms with van der Waals surface area (Å²) >= 11 is 0. The summed E-state index contributed by atoms with van der Waals surface area (Å²) < 4.78 is 0. The van der Waals surface area contributed by atoms with Crippen LogP contribution in [0.3, 0.4) is 0 Å². The third-order valence-corrected chi connectivity index (χ3v) is 4.12. The van der Waals surface area contributed by atoms with Gasteiger partial charge in [0.2, 0.25) is 0 Å². The van der Waals surface area contributed by atoms with Gasteiger partial charge in [0.05, 0.1) is 0 Å². The summed E-state index contributed by atoms with van der Waals surface area (Å²) in [5.41, 5.74) is 3.87. The molecule has 0 saturated carbocycles. The first-order valence-corrected chi connectivity index (χ1v) is 8.44. The van der Waals surface area contributed by atoms with Gasteiger partial charge in [-0.2, -0.15) is 0 Å². The Balaban J connectivity index is 1.95. The lowest BCUT2D eigenvalue weighted by atomic mass is 10.1. The smallest absolute Gasteiger partial charge is 0.164 e. The SMILES string of the molecule is C=Cc1ccccc1-c1nc(-c2ccccc2)nc(-c2ccccc2)n1. The van der Waals surface area contributed by atoms with Crippen molar-refractivity contribution < 1.29 is 0 Å². The van der Waals surface area contributed by atoms with Gasteiger partial charge in [-0.15, -0.1) is 0 Å². The monoisotopic (exact) mass is 335 g/mol. The highest BCUT2D eigenvalue weighted by molar-refractivity contribution is 5.73. The lowest BCUT2D eigenvalue weighted by Crippen LogP contribution is -2.00. The third kappa shape index (κ3) is 3.15. The van der Waals surface area contributed by atoms with Crippen molar-refractivity contribution in [3.05, 3.63) is 97.1 Å². The normalized spacial score (nSPS) is 10.5. The number of rotatable bonds is 4. The predicted molar refractivity (Wildman–Crippen MR) is 106 cm³/mol. The van der Waals surface area contributed by atoms with Gasteiger partial charge >= 0.3 is 0 Å². The van der Waals surface area contributed by atoms with Crippen molar-refractivity contribution in [1.29, 1.82) is 0 Å². The number of nitrogens with zero attached hydrogens (tertiary/aromatic N) is 3. The maximum Gasteiger partial charge on any atom is 0.164 e. The van der Waals surface area contributed by atoms with Gasteiger partial charge in [0.25, 0.3) is 0 Å². The molecule has 3 nitrogen and oxygen atoms in total. The fourth-order valence-corrected chi connectivity index (χ4v) is 2.81. The standard InChI is InChI=1S/C23H17N3/c1-2-17-11-9-10-16-20(17)23-25-21(18-12-5-3-6-13-18)24-22(26-23)19-14-7-4-8-15-19/h2-16H,1H2. The molecule has 3 aromatic carbocycles. The Morgan fingerprint density at radius 3 is 1.54 bits per heavy atom. The van der Waals surface area contributed by atoms with E-state index < -0.39 is 0 Å². The molecule has 0 radical (unpaired) electrons. The molecule has 124 valence electrons. The number of hydrogen-bond acceptors (Lipinski definition) is 3. The fourth-order valence-electron chi connectivity index (χ4n) is 2.81. The second kappa shape index (κ2) is 7.11. The molecule has 0 saturated heterocycles. The van der Waals surface area contributed by atoms with Gasteiger partial charge in [0, 0.05) is 16.7 Å². The molecule has 0 N–H and O–H groups in total. The number of benzene rings is 3. The Labute approximate surface area is 152 Å². The van der Waals surface area contributed by atoms with Crippen LogP contribution in [0.25, 0.3) is 40.2 Å². The molecule has 1 aromatic heterocycles. The van der Waals surface area contributed by atoms with Crippen molar-refractivity contribution in [2.24, 2.45) is 0 Å². The van der Waals surface area contributed by atoms with Gasteiger partial charge in [-0.05, 0) is 5.56 Å². The Morgan fingerprint density at radius 2 is 1.00 bits per heavy atom. The van der Waals surface area contributed by atoms with Gasteiger partial charge < -0.3 is 0 Å². The minimum atomic E-state index is 0.646. The average molecular weight is 335 g/mol. The quantitative estimate of drug-likeness (QED) is 0.493. The molecule has 0 bridgehead atoms. The lowest BCUT2D eigenvalue weighted by Gasteiger charge is -2.09. The Morgan fingerprint density at radius 1 is 0.538 bits per heavy atom. The Hall–Kier alpha value is -3.59. The molecular weight excluding hydrogens is 318 g/mol. The molecule has 4 aromatic rings. The second-order valence-electron chi connectivity index (χ2n) is 5.83. The topological polar surface area (TPSA) is 38.7 Å². The van der Waals surface area contributed by atoms with Crippen LogP contribution in [0, 0.1) is 0 Å². The van der Waals surface area contributed by atoms with Crippen LogP contribution < -0.4 is 0 Å². The predicted octanol–water partition coefficient (Wildman–Crippen LogP) is 5.52. The van der Waals surface area contributed by atoms with Crippen molar-refractivity contribution in [3.63, 3.8) is 0 Å². The minimum absolute atomic E-state index is 0.646. The van der Waals surface area contributed by atoms with Gasteiger partial charge in [-0.25, -0.2) is 15.0 Å². The van der Waals surface area contributed by atoms with Crippen LogP contribution in [0.4, 0.5) is 0 Å². The summed E-state index contributed by atoms with van der Waals surface area (Å²) in [6.45, 7) is 3.91. The van der Waals surface area contributed by atoms with Gasteiger partial charge in [-0.3, -0.25) is 0 Å². The zero-order chi connectivity index (χ0) is 17.8. The van der Waals surface area contributed by atoms with E-state index in [1.807, 2.05) is 91.0 Å². The van der Waals surface area contributed by atoms with Gasteiger partial charge in [0.15, 0.2) is 17.5 Å². The first kappa shape index (κ1) is 15.9. The van der Waals surface area contributed by atoms with E-state index in [1.54, 1.807) is 0 Å². The molecule has 0 aliphatic heterocycles. The second-order valence-corrected chi connectivity index (χ2v) is 5.83. The van der Waals surface area contributed by atoms with E-state index >= 15 is 0 Å². The van der Waals surface area contributed by atoms with Gasteiger partial charge in [-0.1, -0.05) is 97.6 Å². The average Bonchev–Trinajstić information content (AvgIpc) is 2.74. The van der Waals surface area contributed by atoms with Crippen LogP contribution in [-0.2, 0) is 0 Å². The van der Waals surface area contributed by atoms with Crippen molar-refractivity contribution in [1.82, 2.24) is 15.0 Å². The maximum atomic E-state index is 4.74. The van der Waals surface area contributed by atoms with Crippen LogP contribution in [0.15, 0.2) is 91.5 Å². The van der Waals surface area contributed by atoms with Crippen LogP contribution in [-0.4, -0.2) is 15.0 Å². The van der Waals surface area contributed by atoms with Gasteiger partial charge in [0.1, 0.15) is 0 Å². The van der Waals surface area contributed by atoms with E-state index in [2.05, 4.69) is 6.58 Å². The molecular formula is C23H17N3. The Bertz CT molecular complexity index is 984. The van der Waals surface area contributed by atoms with Crippen molar-refractivity contribution in [3.8, 4) is 34.2 Å². The highest BCUT2D eigenvalue weighted by atomic mass is 15.0.